The lowest BCUT2D eigenvalue weighted by Crippen LogP contribution is -2.43. The van der Waals surface area contributed by atoms with Gasteiger partial charge in [-0.3, -0.25) is 0 Å². The van der Waals surface area contributed by atoms with Gasteiger partial charge in [-0.15, -0.1) is 0 Å². The minimum absolute atomic E-state index is 0.631. The minimum atomic E-state index is 0.631. The Hall–Kier alpha value is -2.46. The van der Waals surface area contributed by atoms with E-state index in [1.54, 1.807) is 0 Å². The molecule has 3 aliphatic rings. The molecule has 2 aliphatic heterocycles. The fourth-order valence-corrected chi connectivity index (χ4v) is 4.69. The highest BCUT2D eigenvalue weighted by Crippen LogP contribution is 2.40. The highest BCUT2D eigenvalue weighted by atomic mass is 16.6. The summed E-state index contributed by atoms with van der Waals surface area (Å²) >= 11 is 0. The van der Waals surface area contributed by atoms with Crippen molar-refractivity contribution in [2.45, 2.75) is 38.1 Å². The Kier molecular flexibility index (Phi) is 5.44. The number of anilines is 1. The van der Waals surface area contributed by atoms with Crippen molar-refractivity contribution in [3.8, 4) is 11.5 Å². The standard InChI is InChI=1S/C25H30N2O2/c1-2-8-22-19(6-1)18-20(22)7-3-4-13-26-21-11-14-27(15-12-21)23-9-5-10-24-25(23)29-17-16-28-24/h1-2,5-6,8-10,18,21,26H,3-4,7,11-17H2. The Labute approximate surface area is 173 Å². The van der Waals surface area contributed by atoms with Crippen LogP contribution in [0.2, 0.25) is 0 Å². The molecule has 2 heterocycles. The van der Waals surface area contributed by atoms with Crippen LogP contribution in [0.1, 0.15) is 43.2 Å². The number of allylic oxidation sites excluding steroid dienone is 1. The maximum absolute atomic E-state index is 5.89. The second kappa shape index (κ2) is 8.50. The van der Waals surface area contributed by atoms with Crippen LogP contribution in [0.25, 0.3) is 11.6 Å². The molecule has 1 fully saturated rings. The first-order valence-corrected chi connectivity index (χ1v) is 11.1. The van der Waals surface area contributed by atoms with Gasteiger partial charge in [-0.1, -0.05) is 36.4 Å². The van der Waals surface area contributed by atoms with Gasteiger partial charge in [-0.2, -0.15) is 0 Å². The van der Waals surface area contributed by atoms with E-state index >= 15 is 0 Å². The normalized spacial score (nSPS) is 18.1. The molecule has 0 atom stereocenters. The van der Waals surface area contributed by atoms with E-state index in [-0.39, 0.29) is 0 Å². The summed E-state index contributed by atoms with van der Waals surface area (Å²) in [5.41, 5.74) is 5.59. The predicted octanol–water partition coefficient (Wildman–Crippen LogP) is 4.74. The van der Waals surface area contributed by atoms with E-state index < -0.39 is 0 Å². The Morgan fingerprint density at radius 2 is 1.79 bits per heavy atom. The Morgan fingerprint density at radius 3 is 2.69 bits per heavy atom. The highest BCUT2D eigenvalue weighted by Gasteiger charge is 2.24. The van der Waals surface area contributed by atoms with Gasteiger partial charge in [0.1, 0.15) is 13.2 Å². The lowest BCUT2D eigenvalue weighted by molar-refractivity contribution is 0.172. The minimum Gasteiger partial charge on any atom is -0.486 e. The fraction of sp³-hybridized carbons (Fsp3) is 0.440. The van der Waals surface area contributed by atoms with Crippen LogP contribution in [0, 0.1) is 0 Å². The number of piperidine rings is 1. The molecule has 0 radical (unpaired) electrons. The summed E-state index contributed by atoms with van der Waals surface area (Å²) in [4.78, 5) is 2.45. The molecule has 0 aromatic heterocycles. The third-order valence-corrected chi connectivity index (χ3v) is 6.32. The molecule has 4 heteroatoms. The zero-order chi connectivity index (χ0) is 19.5. The number of nitrogens with one attached hydrogen (secondary N) is 1. The molecular weight excluding hydrogens is 360 g/mol. The number of rotatable bonds is 7. The van der Waals surface area contributed by atoms with Crippen LogP contribution in [0.5, 0.6) is 11.5 Å². The van der Waals surface area contributed by atoms with Crippen LogP contribution in [-0.4, -0.2) is 38.9 Å². The van der Waals surface area contributed by atoms with Crippen molar-refractivity contribution in [3.05, 3.63) is 53.6 Å². The summed E-state index contributed by atoms with van der Waals surface area (Å²) in [5.74, 6) is 1.82. The number of hydrogen-bond acceptors (Lipinski definition) is 4. The molecule has 5 rings (SSSR count). The molecule has 2 aromatic rings. The molecule has 0 amide bonds. The highest BCUT2D eigenvalue weighted by molar-refractivity contribution is 5.95. The predicted molar refractivity (Wildman–Crippen MR) is 119 cm³/mol. The molecule has 0 unspecified atom stereocenters. The maximum atomic E-state index is 5.89. The Morgan fingerprint density at radius 1 is 0.931 bits per heavy atom. The van der Waals surface area contributed by atoms with Gasteiger partial charge in [0.15, 0.2) is 11.5 Å². The van der Waals surface area contributed by atoms with Crippen LogP contribution in [-0.2, 0) is 0 Å². The number of fused-ring (bicyclic) bond motifs is 2. The van der Waals surface area contributed by atoms with Crippen molar-refractivity contribution < 1.29 is 9.47 Å². The monoisotopic (exact) mass is 390 g/mol. The lowest BCUT2D eigenvalue weighted by atomic mass is 9.86. The van der Waals surface area contributed by atoms with E-state index in [4.69, 9.17) is 9.47 Å². The summed E-state index contributed by atoms with van der Waals surface area (Å²) in [6, 6.07) is 15.6. The molecule has 29 heavy (non-hydrogen) atoms. The summed E-state index contributed by atoms with van der Waals surface area (Å²) in [6.45, 7) is 4.55. The summed E-state index contributed by atoms with van der Waals surface area (Å²) in [5, 5.41) is 3.78. The Bertz CT molecular complexity index is 884. The smallest absolute Gasteiger partial charge is 0.184 e. The number of ether oxygens (including phenoxy) is 2. The topological polar surface area (TPSA) is 33.7 Å². The van der Waals surface area contributed by atoms with Crippen molar-refractivity contribution in [2.24, 2.45) is 0 Å². The van der Waals surface area contributed by atoms with Gasteiger partial charge < -0.3 is 19.7 Å². The SMILES string of the molecule is C1=C(CCCCNC2CCN(c3cccc4c3OCCO4)CC2)c2ccccc21. The van der Waals surface area contributed by atoms with Gasteiger partial charge in [0.25, 0.3) is 0 Å². The summed E-state index contributed by atoms with van der Waals surface area (Å²) in [6.07, 6.45) is 8.43. The number of unbranched alkanes of at least 4 members (excludes halogenated alkanes) is 1. The van der Waals surface area contributed by atoms with Crippen LogP contribution < -0.4 is 19.7 Å². The summed E-state index contributed by atoms with van der Waals surface area (Å²) in [7, 11) is 0. The molecule has 0 bridgehead atoms. The van der Waals surface area contributed by atoms with Gasteiger partial charge in [-0.25, -0.2) is 0 Å². The van der Waals surface area contributed by atoms with Gasteiger partial charge >= 0.3 is 0 Å². The molecule has 4 nitrogen and oxygen atoms in total. The second-order valence-corrected chi connectivity index (χ2v) is 8.23. The first kappa shape index (κ1) is 18.6. The molecular formula is C25H30N2O2. The quantitative estimate of drug-likeness (QED) is 0.693. The molecule has 0 saturated carbocycles. The van der Waals surface area contributed by atoms with Crippen LogP contribution >= 0.6 is 0 Å². The van der Waals surface area contributed by atoms with E-state index in [2.05, 4.69) is 52.7 Å². The average Bonchev–Trinajstić information content (AvgIpc) is 2.76. The third-order valence-electron chi connectivity index (χ3n) is 6.32. The van der Waals surface area contributed by atoms with Gasteiger partial charge in [0, 0.05) is 19.1 Å². The van der Waals surface area contributed by atoms with Gasteiger partial charge in [-0.05, 0) is 67.5 Å². The number of para-hydroxylation sites is 1. The number of hydrogen-bond donors (Lipinski definition) is 1. The summed E-state index contributed by atoms with van der Waals surface area (Å²) < 4.78 is 11.6. The lowest BCUT2D eigenvalue weighted by Gasteiger charge is -2.35. The van der Waals surface area contributed by atoms with Crippen LogP contribution in [0.15, 0.2) is 42.5 Å². The van der Waals surface area contributed by atoms with Crippen molar-refractivity contribution in [1.29, 1.82) is 0 Å². The third kappa shape index (κ3) is 3.99. The largest absolute Gasteiger partial charge is 0.486 e. The fourth-order valence-electron chi connectivity index (χ4n) is 4.69. The molecule has 1 aliphatic carbocycles. The Balaban J connectivity index is 1.03. The van der Waals surface area contributed by atoms with E-state index in [1.807, 2.05) is 6.07 Å². The molecule has 1 saturated heterocycles. The van der Waals surface area contributed by atoms with E-state index in [1.165, 1.54) is 54.5 Å². The zero-order valence-electron chi connectivity index (χ0n) is 17.0. The van der Waals surface area contributed by atoms with Gasteiger partial charge in [0.2, 0.25) is 0 Å². The number of benzene rings is 2. The first-order valence-electron chi connectivity index (χ1n) is 11.1. The molecule has 152 valence electrons. The average molecular weight is 391 g/mol. The van der Waals surface area contributed by atoms with Crippen molar-refractivity contribution >= 4 is 17.3 Å². The van der Waals surface area contributed by atoms with Crippen molar-refractivity contribution in [2.75, 3.05) is 37.7 Å². The molecule has 0 spiro atoms. The van der Waals surface area contributed by atoms with E-state index in [9.17, 15) is 0 Å². The van der Waals surface area contributed by atoms with E-state index in [0.717, 1.165) is 31.1 Å². The first-order chi connectivity index (χ1) is 14.4. The number of nitrogens with zero attached hydrogens (tertiary/aromatic N) is 1. The second-order valence-electron chi connectivity index (χ2n) is 8.23. The molecule has 2 aromatic carbocycles. The van der Waals surface area contributed by atoms with Crippen molar-refractivity contribution in [1.82, 2.24) is 5.32 Å². The van der Waals surface area contributed by atoms with E-state index in [0.29, 0.717) is 19.3 Å². The zero-order valence-corrected chi connectivity index (χ0v) is 17.0. The molecule has 1 N–H and O–H groups in total. The van der Waals surface area contributed by atoms with Crippen molar-refractivity contribution in [3.63, 3.8) is 0 Å². The van der Waals surface area contributed by atoms with Gasteiger partial charge in [0.05, 0.1) is 5.69 Å². The van der Waals surface area contributed by atoms with Crippen LogP contribution in [0.3, 0.4) is 0 Å². The van der Waals surface area contributed by atoms with Crippen LogP contribution in [0.4, 0.5) is 5.69 Å². The maximum Gasteiger partial charge on any atom is 0.184 e.